The predicted octanol–water partition coefficient (Wildman–Crippen LogP) is 2.17. The maximum atomic E-state index is 12.5. The number of fused-ring (bicyclic) bond motifs is 1. The molecule has 4 aromatic rings. The molecule has 0 radical (unpaired) electrons. The Bertz CT molecular complexity index is 1070. The van der Waals surface area contributed by atoms with E-state index in [1.165, 1.54) is 6.20 Å². The van der Waals surface area contributed by atoms with Gasteiger partial charge in [0.25, 0.3) is 5.91 Å². The van der Waals surface area contributed by atoms with E-state index in [9.17, 15) is 4.79 Å². The molecule has 0 spiro atoms. The van der Waals surface area contributed by atoms with Crippen molar-refractivity contribution in [3.8, 4) is 5.69 Å². The Morgan fingerprint density at radius 2 is 1.92 bits per heavy atom. The zero-order valence-electron chi connectivity index (χ0n) is 13.3. The molecule has 0 atom stereocenters. The summed E-state index contributed by atoms with van der Waals surface area (Å²) in [6.45, 7) is 1.80. The van der Waals surface area contributed by atoms with Gasteiger partial charge in [0, 0.05) is 5.69 Å². The molecule has 0 aliphatic carbocycles. The fraction of sp³-hybridized carbons (Fsp3) is 0.0588. The minimum atomic E-state index is -0.330. The third kappa shape index (κ3) is 2.92. The fourth-order valence-corrected chi connectivity index (χ4v) is 2.45. The first-order chi connectivity index (χ1) is 12.2. The molecule has 2 aromatic carbocycles. The molecule has 0 fully saturated rings. The Kier molecular flexibility index (Phi) is 3.62. The number of amides is 1. The number of carbonyl (C=O) groups is 1. The molecule has 8 heteroatoms. The van der Waals surface area contributed by atoms with Gasteiger partial charge in [-0.25, -0.2) is 4.98 Å². The van der Waals surface area contributed by atoms with Crippen molar-refractivity contribution in [2.24, 2.45) is 0 Å². The van der Waals surface area contributed by atoms with Gasteiger partial charge in [0.15, 0.2) is 5.82 Å². The van der Waals surface area contributed by atoms with E-state index >= 15 is 0 Å². The first-order valence-corrected chi connectivity index (χ1v) is 7.59. The maximum Gasteiger partial charge on any atom is 0.275 e. The number of nitrogens with one attached hydrogen (secondary N) is 1. The summed E-state index contributed by atoms with van der Waals surface area (Å²) in [6, 6.07) is 14.7. The zero-order valence-corrected chi connectivity index (χ0v) is 13.3. The highest BCUT2D eigenvalue weighted by Gasteiger charge is 2.11. The lowest BCUT2D eigenvalue weighted by atomic mass is 10.2. The van der Waals surface area contributed by atoms with E-state index in [1.807, 2.05) is 36.4 Å². The minimum Gasteiger partial charge on any atom is -0.321 e. The van der Waals surface area contributed by atoms with E-state index in [4.69, 9.17) is 0 Å². The van der Waals surface area contributed by atoms with Gasteiger partial charge < -0.3 is 5.32 Å². The summed E-state index contributed by atoms with van der Waals surface area (Å²) in [5.41, 5.74) is 3.04. The van der Waals surface area contributed by atoms with E-state index in [0.717, 1.165) is 11.2 Å². The van der Waals surface area contributed by atoms with Crippen LogP contribution in [0.15, 0.2) is 54.7 Å². The molecule has 1 N–H and O–H groups in total. The summed E-state index contributed by atoms with van der Waals surface area (Å²) in [5, 5.41) is 14.2. The molecule has 25 heavy (non-hydrogen) atoms. The lowest BCUT2D eigenvalue weighted by Gasteiger charge is -2.07. The summed E-state index contributed by atoms with van der Waals surface area (Å²) in [6.07, 6.45) is 1.47. The van der Waals surface area contributed by atoms with E-state index in [-0.39, 0.29) is 11.6 Å². The Morgan fingerprint density at radius 1 is 1.08 bits per heavy atom. The Labute approximate surface area is 142 Å². The number of aromatic nitrogens is 6. The fourth-order valence-electron chi connectivity index (χ4n) is 2.45. The quantitative estimate of drug-likeness (QED) is 0.618. The van der Waals surface area contributed by atoms with Gasteiger partial charge in [-0.05, 0) is 47.7 Å². The van der Waals surface area contributed by atoms with Gasteiger partial charge in [0.2, 0.25) is 0 Å². The van der Waals surface area contributed by atoms with Gasteiger partial charge >= 0.3 is 0 Å². The standard InChI is InChI=1S/C17H13N7O/c1-11-21-22-23-24(11)13-6-4-5-12(9-13)19-17(25)16-10-18-14-7-2-3-8-15(14)20-16/h2-10H,1H3,(H,19,25). The number of anilines is 1. The molecule has 1 amide bonds. The van der Waals surface area contributed by atoms with Crippen LogP contribution in [0.5, 0.6) is 0 Å². The molecule has 122 valence electrons. The number of benzene rings is 2. The lowest BCUT2D eigenvalue weighted by molar-refractivity contribution is 0.102. The summed E-state index contributed by atoms with van der Waals surface area (Å²) in [5.74, 6) is 0.327. The highest BCUT2D eigenvalue weighted by atomic mass is 16.1. The van der Waals surface area contributed by atoms with Crippen LogP contribution in [0.2, 0.25) is 0 Å². The predicted molar refractivity (Wildman–Crippen MR) is 91.4 cm³/mol. The number of rotatable bonds is 3. The number of carbonyl (C=O) groups excluding carboxylic acids is 1. The highest BCUT2D eigenvalue weighted by molar-refractivity contribution is 6.03. The second-order valence-corrected chi connectivity index (χ2v) is 5.39. The average molecular weight is 331 g/mol. The number of nitrogens with zero attached hydrogens (tertiary/aromatic N) is 6. The van der Waals surface area contributed by atoms with Gasteiger partial charge in [0.1, 0.15) is 5.69 Å². The second-order valence-electron chi connectivity index (χ2n) is 5.39. The molecular weight excluding hydrogens is 318 g/mol. The van der Waals surface area contributed by atoms with Crippen molar-refractivity contribution in [2.75, 3.05) is 5.32 Å². The van der Waals surface area contributed by atoms with Crippen molar-refractivity contribution in [1.82, 2.24) is 30.2 Å². The van der Waals surface area contributed by atoms with Crippen LogP contribution in [-0.2, 0) is 0 Å². The minimum absolute atomic E-state index is 0.253. The van der Waals surface area contributed by atoms with Gasteiger partial charge in [-0.15, -0.1) is 5.10 Å². The number of aryl methyl sites for hydroxylation is 1. The molecule has 2 heterocycles. The average Bonchev–Trinajstić information content (AvgIpc) is 3.07. The van der Waals surface area contributed by atoms with Crippen LogP contribution in [0.25, 0.3) is 16.7 Å². The summed E-state index contributed by atoms with van der Waals surface area (Å²) in [4.78, 5) is 21.1. The van der Waals surface area contributed by atoms with Gasteiger partial charge in [-0.2, -0.15) is 4.68 Å². The van der Waals surface area contributed by atoms with Gasteiger partial charge in [-0.1, -0.05) is 18.2 Å². The van der Waals surface area contributed by atoms with Crippen LogP contribution in [0.4, 0.5) is 5.69 Å². The highest BCUT2D eigenvalue weighted by Crippen LogP contribution is 2.16. The van der Waals surface area contributed by atoms with E-state index < -0.39 is 0 Å². The molecule has 4 rings (SSSR count). The van der Waals surface area contributed by atoms with Crippen LogP contribution >= 0.6 is 0 Å². The Balaban J connectivity index is 1.61. The third-order valence-corrected chi connectivity index (χ3v) is 3.66. The monoisotopic (exact) mass is 331 g/mol. The van der Waals surface area contributed by atoms with E-state index in [0.29, 0.717) is 17.0 Å². The van der Waals surface area contributed by atoms with Crippen molar-refractivity contribution < 1.29 is 4.79 Å². The van der Waals surface area contributed by atoms with Crippen molar-refractivity contribution in [1.29, 1.82) is 0 Å². The Hall–Kier alpha value is -3.68. The summed E-state index contributed by atoms with van der Waals surface area (Å²) in [7, 11) is 0. The molecule has 0 bridgehead atoms. The normalized spacial score (nSPS) is 10.8. The summed E-state index contributed by atoms with van der Waals surface area (Å²) >= 11 is 0. The van der Waals surface area contributed by atoms with Crippen LogP contribution in [0, 0.1) is 6.92 Å². The molecule has 8 nitrogen and oxygen atoms in total. The molecule has 0 aliphatic heterocycles. The van der Waals surface area contributed by atoms with Gasteiger partial charge in [0.05, 0.1) is 22.9 Å². The van der Waals surface area contributed by atoms with Crippen LogP contribution in [-0.4, -0.2) is 36.1 Å². The smallest absolute Gasteiger partial charge is 0.275 e. The zero-order chi connectivity index (χ0) is 17.2. The van der Waals surface area contributed by atoms with Crippen LogP contribution in [0.3, 0.4) is 0 Å². The molecule has 0 saturated carbocycles. The molecule has 2 aromatic heterocycles. The lowest BCUT2D eigenvalue weighted by Crippen LogP contribution is -2.14. The third-order valence-electron chi connectivity index (χ3n) is 3.66. The number of para-hydroxylation sites is 2. The summed E-state index contributed by atoms with van der Waals surface area (Å²) < 4.78 is 1.59. The Morgan fingerprint density at radius 3 is 2.72 bits per heavy atom. The number of hydrogen-bond acceptors (Lipinski definition) is 6. The van der Waals surface area contributed by atoms with Crippen molar-refractivity contribution in [3.05, 3.63) is 66.2 Å². The second kappa shape index (κ2) is 6.08. The molecule has 0 saturated heterocycles. The van der Waals surface area contributed by atoms with Crippen molar-refractivity contribution in [3.63, 3.8) is 0 Å². The largest absolute Gasteiger partial charge is 0.321 e. The molecule has 0 aliphatic rings. The van der Waals surface area contributed by atoms with Crippen LogP contribution in [0.1, 0.15) is 16.3 Å². The van der Waals surface area contributed by atoms with E-state index in [2.05, 4.69) is 30.8 Å². The number of tetrazole rings is 1. The van der Waals surface area contributed by atoms with Crippen molar-refractivity contribution >= 4 is 22.6 Å². The van der Waals surface area contributed by atoms with Gasteiger partial charge in [-0.3, -0.25) is 9.78 Å². The number of hydrogen-bond donors (Lipinski definition) is 1. The first-order valence-electron chi connectivity index (χ1n) is 7.59. The topological polar surface area (TPSA) is 98.5 Å². The molecular formula is C17H13N7O. The first kappa shape index (κ1) is 14.9. The molecule has 0 unspecified atom stereocenters. The maximum absolute atomic E-state index is 12.5. The SMILES string of the molecule is Cc1nnnn1-c1cccc(NC(=O)c2cnc3ccccc3n2)c1. The van der Waals surface area contributed by atoms with Crippen molar-refractivity contribution in [2.45, 2.75) is 6.92 Å². The van der Waals surface area contributed by atoms with Crippen LogP contribution < -0.4 is 5.32 Å². The van der Waals surface area contributed by atoms with E-state index in [1.54, 1.807) is 23.7 Å².